The Labute approximate surface area is 113 Å². The molecular weight excluding hydrogens is 272 g/mol. The summed E-state index contributed by atoms with van der Waals surface area (Å²) in [6, 6.07) is 1.69. The SMILES string of the molecule is CCNC(=O)C(C)n1c(=S)[nH]c2ccc(F)c(F)c21. The summed E-state index contributed by atoms with van der Waals surface area (Å²) in [6.07, 6.45) is 0. The Morgan fingerprint density at radius 1 is 1.53 bits per heavy atom. The number of amides is 1. The van der Waals surface area contributed by atoms with Crippen molar-refractivity contribution in [3.63, 3.8) is 0 Å². The Kier molecular flexibility index (Phi) is 3.66. The van der Waals surface area contributed by atoms with Crippen LogP contribution in [0.5, 0.6) is 0 Å². The number of carbonyl (C=O) groups excluding carboxylic acids is 1. The van der Waals surface area contributed by atoms with Crippen LogP contribution in [-0.4, -0.2) is 22.0 Å². The number of nitrogens with zero attached hydrogens (tertiary/aromatic N) is 1. The summed E-state index contributed by atoms with van der Waals surface area (Å²) >= 11 is 5.07. The van der Waals surface area contributed by atoms with Gasteiger partial charge >= 0.3 is 0 Å². The van der Waals surface area contributed by atoms with Crippen molar-refractivity contribution in [1.29, 1.82) is 0 Å². The molecule has 0 aliphatic rings. The number of benzene rings is 1. The highest BCUT2D eigenvalue weighted by Gasteiger charge is 2.21. The predicted molar refractivity (Wildman–Crippen MR) is 70.4 cm³/mol. The van der Waals surface area contributed by atoms with Crippen molar-refractivity contribution in [3.8, 4) is 0 Å². The first kappa shape index (κ1) is 13.7. The van der Waals surface area contributed by atoms with Gasteiger partial charge in [0.15, 0.2) is 16.4 Å². The summed E-state index contributed by atoms with van der Waals surface area (Å²) in [4.78, 5) is 14.6. The number of aromatic nitrogens is 2. The molecule has 0 saturated heterocycles. The Morgan fingerprint density at radius 3 is 2.84 bits per heavy atom. The first-order valence-electron chi connectivity index (χ1n) is 5.83. The lowest BCUT2D eigenvalue weighted by Crippen LogP contribution is -2.30. The highest BCUT2D eigenvalue weighted by atomic mass is 32.1. The van der Waals surface area contributed by atoms with Gasteiger partial charge in [-0.25, -0.2) is 8.78 Å². The second kappa shape index (κ2) is 5.08. The number of hydrogen-bond donors (Lipinski definition) is 2. The van der Waals surface area contributed by atoms with E-state index in [0.29, 0.717) is 12.1 Å². The zero-order chi connectivity index (χ0) is 14.2. The van der Waals surface area contributed by atoms with Crippen molar-refractivity contribution in [2.75, 3.05) is 6.54 Å². The number of halogens is 2. The molecule has 1 aromatic heterocycles. The van der Waals surface area contributed by atoms with Crippen LogP contribution in [0.25, 0.3) is 11.0 Å². The van der Waals surface area contributed by atoms with E-state index in [9.17, 15) is 13.6 Å². The monoisotopic (exact) mass is 285 g/mol. The van der Waals surface area contributed by atoms with Gasteiger partial charge in [-0.05, 0) is 38.2 Å². The van der Waals surface area contributed by atoms with Crippen LogP contribution in [0.15, 0.2) is 12.1 Å². The first-order chi connectivity index (χ1) is 8.97. The third-order valence-corrected chi connectivity index (χ3v) is 3.19. The zero-order valence-corrected chi connectivity index (χ0v) is 11.3. The van der Waals surface area contributed by atoms with E-state index in [1.54, 1.807) is 13.8 Å². The van der Waals surface area contributed by atoms with Gasteiger partial charge < -0.3 is 14.9 Å². The zero-order valence-electron chi connectivity index (χ0n) is 10.5. The van der Waals surface area contributed by atoms with Crippen LogP contribution >= 0.6 is 12.2 Å². The maximum atomic E-state index is 13.9. The van der Waals surface area contributed by atoms with E-state index in [-0.39, 0.29) is 16.2 Å². The smallest absolute Gasteiger partial charge is 0.242 e. The van der Waals surface area contributed by atoms with Crippen LogP contribution in [0.3, 0.4) is 0 Å². The molecule has 2 aromatic rings. The van der Waals surface area contributed by atoms with Gasteiger partial charge in [-0.3, -0.25) is 4.79 Å². The maximum absolute atomic E-state index is 13.9. The predicted octanol–water partition coefficient (Wildman–Crippen LogP) is 2.67. The van der Waals surface area contributed by atoms with Gasteiger partial charge in [0, 0.05) is 6.54 Å². The van der Waals surface area contributed by atoms with E-state index in [1.807, 2.05) is 0 Å². The third kappa shape index (κ3) is 2.25. The Morgan fingerprint density at radius 2 is 2.21 bits per heavy atom. The number of carbonyl (C=O) groups is 1. The average molecular weight is 285 g/mol. The highest BCUT2D eigenvalue weighted by Crippen LogP contribution is 2.23. The van der Waals surface area contributed by atoms with Crippen molar-refractivity contribution in [3.05, 3.63) is 28.5 Å². The summed E-state index contributed by atoms with van der Waals surface area (Å²) in [5.74, 6) is -2.29. The summed E-state index contributed by atoms with van der Waals surface area (Å²) in [7, 11) is 0. The van der Waals surface area contributed by atoms with Gasteiger partial charge in [0.05, 0.1) is 5.52 Å². The first-order valence-corrected chi connectivity index (χ1v) is 6.24. The van der Waals surface area contributed by atoms with Crippen molar-refractivity contribution in [2.45, 2.75) is 19.9 Å². The average Bonchev–Trinajstić information content (AvgIpc) is 2.70. The van der Waals surface area contributed by atoms with Gasteiger partial charge in [0.2, 0.25) is 5.91 Å². The van der Waals surface area contributed by atoms with Gasteiger partial charge in [0.25, 0.3) is 0 Å². The molecule has 4 nitrogen and oxygen atoms in total. The minimum absolute atomic E-state index is 0.0243. The second-order valence-electron chi connectivity index (χ2n) is 4.13. The topological polar surface area (TPSA) is 49.8 Å². The number of likely N-dealkylation sites (N-methyl/N-ethyl adjacent to an activating group) is 1. The van der Waals surface area contributed by atoms with Gasteiger partial charge in [-0.2, -0.15) is 0 Å². The lowest BCUT2D eigenvalue weighted by molar-refractivity contribution is -0.123. The summed E-state index contributed by atoms with van der Waals surface area (Å²) in [6.45, 7) is 3.81. The number of H-pyrrole nitrogens is 1. The van der Waals surface area contributed by atoms with E-state index >= 15 is 0 Å². The van der Waals surface area contributed by atoms with Crippen molar-refractivity contribution in [1.82, 2.24) is 14.9 Å². The lowest BCUT2D eigenvalue weighted by Gasteiger charge is -2.14. The molecule has 2 rings (SSSR count). The number of hydrogen-bond acceptors (Lipinski definition) is 2. The van der Waals surface area contributed by atoms with Gasteiger partial charge in [-0.15, -0.1) is 0 Å². The molecule has 0 aliphatic heterocycles. The molecule has 1 aromatic carbocycles. The molecule has 0 bridgehead atoms. The Hall–Kier alpha value is -1.76. The molecule has 1 unspecified atom stereocenters. The standard InChI is InChI=1S/C12H13F2N3OS/c1-3-15-11(18)6(2)17-10-8(16-12(17)19)5-4-7(13)9(10)14/h4-6H,3H2,1-2H3,(H,15,18)(H,16,19). The fourth-order valence-electron chi connectivity index (χ4n) is 1.96. The molecule has 2 N–H and O–H groups in total. The molecule has 1 atom stereocenters. The van der Waals surface area contributed by atoms with Gasteiger partial charge in [0.1, 0.15) is 11.6 Å². The van der Waals surface area contributed by atoms with E-state index in [4.69, 9.17) is 12.2 Å². The molecule has 1 amide bonds. The van der Waals surface area contributed by atoms with Crippen molar-refractivity contribution >= 4 is 29.2 Å². The van der Waals surface area contributed by atoms with Crippen LogP contribution < -0.4 is 5.32 Å². The Bertz CT molecular complexity index is 692. The quantitative estimate of drug-likeness (QED) is 0.852. The van der Waals surface area contributed by atoms with E-state index in [1.165, 1.54) is 10.6 Å². The number of fused-ring (bicyclic) bond motifs is 1. The number of nitrogens with one attached hydrogen (secondary N) is 2. The highest BCUT2D eigenvalue weighted by molar-refractivity contribution is 7.71. The molecule has 1 heterocycles. The number of rotatable bonds is 3. The molecule has 19 heavy (non-hydrogen) atoms. The van der Waals surface area contributed by atoms with Crippen LogP contribution in [0, 0.1) is 16.4 Å². The van der Waals surface area contributed by atoms with Crippen molar-refractivity contribution in [2.24, 2.45) is 0 Å². The van der Waals surface area contributed by atoms with E-state index < -0.39 is 17.7 Å². The fraction of sp³-hybridized carbons (Fsp3) is 0.333. The minimum Gasteiger partial charge on any atom is -0.355 e. The molecule has 0 radical (unpaired) electrons. The second-order valence-corrected chi connectivity index (χ2v) is 4.51. The van der Waals surface area contributed by atoms with E-state index in [2.05, 4.69) is 10.3 Å². The van der Waals surface area contributed by atoms with Gasteiger partial charge in [-0.1, -0.05) is 0 Å². The van der Waals surface area contributed by atoms with Crippen LogP contribution in [-0.2, 0) is 4.79 Å². The number of aromatic amines is 1. The summed E-state index contributed by atoms with van der Waals surface area (Å²) < 4.78 is 28.7. The number of imidazole rings is 1. The van der Waals surface area contributed by atoms with Crippen molar-refractivity contribution < 1.29 is 13.6 Å². The lowest BCUT2D eigenvalue weighted by atomic mass is 10.2. The Balaban J connectivity index is 2.66. The fourth-order valence-corrected chi connectivity index (χ4v) is 2.32. The van der Waals surface area contributed by atoms with Crippen LogP contribution in [0.4, 0.5) is 8.78 Å². The summed E-state index contributed by atoms with van der Waals surface area (Å²) in [5.41, 5.74) is 0.337. The molecule has 102 valence electrons. The molecule has 0 fully saturated rings. The minimum atomic E-state index is -1.01. The molecular formula is C12H13F2N3OS. The molecule has 0 saturated carbocycles. The summed E-state index contributed by atoms with van der Waals surface area (Å²) in [5, 5.41) is 2.62. The largest absolute Gasteiger partial charge is 0.355 e. The molecule has 7 heteroatoms. The normalized spacial score (nSPS) is 12.6. The molecule has 0 aliphatic carbocycles. The third-order valence-electron chi connectivity index (χ3n) is 2.89. The maximum Gasteiger partial charge on any atom is 0.242 e. The van der Waals surface area contributed by atoms with Crippen LogP contribution in [0.1, 0.15) is 19.9 Å². The van der Waals surface area contributed by atoms with Crippen LogP contribution in [0.2, 0.25) is 0 Å². The van der Waals surface area contributed by atoms with E-state index in [0.717, 1.165) is 6.07 Å². The molecule has 0 spiro atoms.